The van der Waals surface area contributed by atoms with Gasteiger partial charge < -0.3 is 15.3 Å². The SMILES string of the molecule is CCC1(C)CCN(CC(CO)NC(C)C)CC1. The van der Waals surface area contributed by atoms with Gasteiger partial charge in [0.2, 0.25) is 0 Å². The van der Waals surface area contributed by atoms with Crippen molar-refractivity contribution in [3.63, 3.8) is 0 Å². The number of piperidine rings is 1. The quantitative estimate of drug-likeness (QED) is 0.746. The van der Waals surface area contributed by atoms with E-state index < -0.39 is 0 Å². The Morgan fingerprint density at radius 2 is 1.88 bits per heavy atom. The summed E-state index contributed by atoms with van der Waals surface area (Å²) in [6.07, 6.45) is 3.88. The Labute approximate surface area is 107 Å². The first kappa shape index (κ1) is 14.9. The van der Waals surface area contributed by atoms with Crippen LogP contribution in [0.3, 0.4) is 0 Å². The van der Waals surface area contributed by atoms with Crippen molar-refractivity contribution < 1.29 is 5.11 Å². The summed E-state index contributed by atoms with van der Waals surface area (Å²) in [6, 6.07) is 0.666. The zero-order chi connectivity index (χ0) is 12.9. The van der Waals surface area contributed by atoms with Gasteiger partial charge in [-0.1, -0.05) is 34.1 Å². The van der Waals surface area contributed by atoms with Gasteiger partial charge in [0.05, 0.1) is 6.61 Å². The minimum absolute atomic E-state index is 0.223. The lowest BCUT2D eigenvalue weighted by Gasteiger charge is -2.40. The van der Waals surface area contributed by atoms with Crippen molar-refractivity contribution in [3.05, 3.63) is 0 Å². The lowest BCUT2D eigenvalue weighted by molar-refractivity contribution is 0.0942. The molecule has 1 heterocycles. The van der Waals surface area contributed by atoms with E-state index in [-0.39, 0.29) is 12.6 Å². The molecule has 0 aromatic rings. The summed E-state index contributed by atoms with van der Waals surface area (Å²) in [5.41, 5.74) is 0.552. The zero-order valence-electron chi connectivity index (χ0n) is 12.0. The highest BCUT2D eigenvalue weighted by atomic mass is 16.3. The van der Waals surface area contributed by atoms with E-state index in [1.54, 1.807) is 0 Å². The average molecular weight is 242 g/mol. The van der Waals surface area contributed by atoms with Crippen molar-refractivity contribution in [2.45, 2.75) is 59.0 Å². The van der Waals surface area contributed by atoms with Gasteiger partial charge in [-0.05, 0) is 31.3 Å². The Morgan fingerprint density at radius 3 is 2.29 bits per heavy atom. The fraction of sp³-hybridized carbons (Fsp3) is 1.00. The first-order valence-electron chi connectivity index (χ1n) is 7.08. The molecule has 0 aliphatic carbocycles. The molecule has 0 spiro atoms. The van der Waals surface area contributed by atoms with Crippen LogP contribution in [-0.4, -0.2) is 48.3 Å². The van der Waals surface area contributed by atoms with Crippen LogP contribution in [0.25, 0.3) is 0 Å². The van der Waals surface area contributed by atoms with Gasteiger partial charge in [-0.3, -0.25) is 0 Å². The molecule has 1 aliphatic rings. The normalized spacial score (nSPS) is 22.9. The van der Waals surface area contributed by atoms with Gasteiger partial charge in [0, 0.05) is 18.6 Å². The maximum atomic E-state index is 9.37. The molecule has 1 atom stereocenters. The Kier molecular flexibility index (Phi) is 5.90. The van der Waals surface area contributed by atoms with Gasteiger partial charge >= 0.3 is 0 Å². The molecule has 1 unspecified atom stereocenters. The number of aliphatic hydroxyl groups is 1. The Morgan fingerprint density at radius 1 is 1.29 bits per heavy atom. The summed E-state index contributed by atoms with van der Waals surface area (Å²) in [6.45, 7) is 12.5. The smallest absolute Gasteiger partial charge is 0.0597 e. The van der Waals surface area contributed by atoms with E-state index >= 15 is 0 Å². The van der Waals surface area contributed by atoms with Crippen molar-refractivity contribution in [1.29, 1.82) is 0 Å². The number of rotatable bonds is 6. The first-order valence-corrected chi connectivity index (χ1v) is 7.08. The molecule has 3 heteroatoms. The van der Waals surface area contributed by atoms with Crippen LogP contribution >= 0.6 is 0 Å². The van der Waals surface area contributed by atoms with Gasteiger partial charge in [-0.25, -0.2) is 0 Å². The van der Waals surface area contributed by atoms with E-state index in [9.17, 15) is 5.11 Å². The second-order valence-corrected chi connectivity index (χ2v) is 6.17. The molecule has 1 saturated heterocycles. The monoisotopic (exact) mass is 242 g/mol. The molecule has 17 heavy (non-hydrogen) atoms. The topological polar surface area (TPSA) is 35.5 Å². The second-order valence-electron chi connectivity index (χ2n) is 6.17. The van der Waals surface area contributed by atoms with E-state index in [1.165, 1.54) is 32.4 Å². The van der Waals surface area contributed by atoms with Crippen molar-refractivity contribution in [1.82, 2.24) is 10.2 Å². The van der Waals surface area contributed by atoms with Crippen molar-refractivity contribution in [2.24, 2.45) is 5.41 Å². The summed E-state index contributed by atoms with van der Waals surface area (Å²) in [5, 5.41) is 12.8. The van der Waals surface area contributed by atoms with Gasteiger partial charge in [0.15, 0.2) is 0 Å². The predicted octanol–water partition coefficient (Wildman–Crippen LogP) is 1.86. The molecule has 1 fully saturated rings. The van der Waals surface area contributed by atoms with Crippen LogP contribution in [0.1, 0.15) is 47.0 Å². The first-order chi connectivity index (χ1) is 7.99. The Bertz CT molecular complexity index is 210. The van der Waals surface area contributed by atoms with E-state index in [0.717, 1.165) is 6.54 Å². The van der Waals surface area contributed by atoms with Gasteiger partial charge in [0.1, 0.15) is 0 Å². The van der Waals surface area contributed by atoms with Crippen LogP contribution in [-0.2, 0) is 0 Å². The molecule has 1 aliphatic heterocycles. The third kappa shape index (κ3) is 4.94. The molecule has 0 amide bonds. The summed E-state index contributed by atoms with van der Waals surface area (Å²) in [7, 11) is 0. The predicted molar refractivity (Wildman–Crippen MR) is 73.2 cm³/mol. The highest BCUT2D eigenvalue weighted by Crippen LogP contribution is 2.33. The molecule has 3 nitrogen and oxygen atoms in total. The summed E-state index contributed by atoms with van der Waals surface area (Å²) < 4.78 is 0. The lowest BCUT2D eigenvalue weighted by Crippen LogP contribution is -2.49. The number of nitrogens with zero attached hydrogens (tertiary/aromatic N) is 1. The molecule has 1 rings (SSSR count). The number of likely N-dealkylation sites (tertiary alicyclic amines) is 1. The van der Waals surface area contributed by atoms with Crippen LogP contribution in [0.15, 0.2) is 0 Å². The van der Waals surface area contributed by atoms with Crippen LogP contribution in [0.4, 0.5) is 0 Å². The van der Waals surface area contributed by atoms with Crippen LogP contribution in [0, 0.1) is 5.41 Å². The molecular formula is C14H30N2O. The fourth-order valence-electron chi connectivity index (χ4n) is 2.58. The average Bonchev–Trinajstić information content (AvgIpc) is 2.31. The molecule has 2 N–H and O–H groups in total. The third-order valence-corrected chi connectivity index (χ3v) is 4.18. The van der Waals surface area contributed by atoms with E-state index in [0.29, 0.717) is 11.5 Å². The minimum atomic E-state index is 0.223. The second kappa shape index (κ2) is 6.72. The Hall–Kier alpha value is -0.120. The zero-order valence-corrected chi connectivity index (χ0v) is 12.0. The number of hydrogen-bond acceptors (Lipinski definition) is 3. The molecule has 0 aromatic carbocycles. The van der Waals surface area contributed by atoms with Gasteiger partial charge in [0.25, 0.3) is 0 Å². The standard InChI is InChI=1S/C14H30N2O/c1-5-14(4)6-8-16(9-7-14)10-13(11-17)15-12(2)3/h12-13,15,17H,5-11H2,1-4H3. The summed E-state index contributed by atoms with van der Waals surface area (Å²) in [5.74, 6) is 0. The number of nitrogens with one attached hydrogen (secondary N) is 1. The van der Waals surface area contributed by atoms with E-state index in [2.05, 4.69) is 37.9 Å². The maximum absolute atomic E-state index is 9.37. The Balaban J connectivity index is 2.33. The van der Waals surface area contributed by atoms with E-state index in [4.69, 9.17) is 0 Å². The highest BCUT2D eigenvalue weighted by Gasteiger charge is 2.28. The molecule has 0 bridgehead atoms. The van der Waals surface area contributed by atoms with Crippen molar-refractivity contribution in [3.8, 4) is 0 Å². The van der Waals surface area contributed by atoms with Crippen LogP contribution < -0.4 is 5.32 Å². The van der Waals surface area contributed by atoms with Gasteiger partial charge in [-0.2, -0.15) is 0 Å². The van der Waals surface area contributed by atoms with Crippen molar-refractivity contribution in [2.75, 3.05) is 26.2 Å². The minimum Gasteiger partial charge on any atom is -0.395 e. The number of aliphatic hydroxyl groups excluding tert-OH is 1. The highest BCUT2D eigenvalue weighted by molar-refractivity contribution is 4.83. The summed E-state index contributed by atoms with van der Waals surface area (Å²) >= 11 is 0. The molecule has 0 aromatic heterocycles. The molecule has 102 valence electrons. The molecule has 0 radical (unpaired) electrons. The maximum Gasteiger partial charge on any atom is 0.0597 e. The lowest BCUT2D eigenvalue weighted by atomic mass is 9.78. The van der Waals surface area contributed by atoms with Gasteiger partial charge in [-0.15, -0.1) is 0 Å². The number of hydrogen-bond donors (Lipinski definition) is 2. The fourth-order valence-corrected chi connectivity index (χ4v) is 2.58. The third-order valence-electron chi connectivity index (χ3n) is 4.18. The largest absolute Gasteiger partial charge is 0.395 e. The van der Waals surface area contributed by atoms with E-state index in [1.807, 2.05) is 0 Å². The molecular weight excluding hydrogens is 212 g/mol. The van der Waals surface area contributed by atoms with Crippen LogP contribution in [0.5, 0.6) is 0 Å². The molecule has 0 saturated carbocycles. The van der Waals surface area contributed by atoms with Crippen LogP contribution in [0.2, 0.25) is 0 Å². The summed E-state index contributed by atoms with van der Waals surface area (Å²) in [4.78, 5) is 2.49. The van der Waals surface area contributed by atoms with Crippen molar-refractivity contribution >= 4 is 0 Å².